The Morgan fingerprint density at radius 2 is 2.05 bits per heavy atom. The van der Waals surface area contributed by atoms with Gasteiger partial charge >= 0.3 is 0 Å². The summed E-state index contributed by atoms with van der Waals surface area (Å²) in [5.74, 6) is 0.465. The molecule has 3 rings (SSSR count). The number of anilines is 2. The number of nitrogens with one attached hydrogen (secondary N) is 2. The minimum Gasteiger partial charge on any atom is -0.385 e. The van der Waals surface area contributed by atoms with E-state index in [2.05, 4.69) is 22.8 Å². The molecule has 0 saturated heterocycles. The van der Waals surface area contributed by atoms with Gasteiger partial charge in [0.15, 0.2) is 0 Å². The molecule has 0 atom stereocenters. The molecule has 0 unspecified atom stereocenters. The van der Waals surface area contributed by atoms with E-state index in [1.807, 2.05) is 36.4 Å². The first-order chi connectivity index (χ1) is 10.3. The maximum absolute atomic E-state index is 12.0. The lowest BCUT2D eigenvalue weighted by molar-refractivity contribution is -0.113. The van der Waals surface area contributed by atoms with Crippen molar-refractivity contribution in [2.75, 3.05) is 22.9 Å². The number of aryl methyl sites for hydroxylation is 1. The van der Waals surface area contributed by atoms with Crippen molar-refractivity contribution >= 4 is 29.0 Å². The molecule has 0 bridgehead atoms. The maximum atomic E-state index is 12.0. The fraction of sp³-hybridized carbons (Fsp3) is 0.235. The summed E-state index contributed by atoms with van der Waals surface area (Å²) < 4.78 is 0. The number of carbonyl (C=O) groups excluding carboxylic acids is 1. The molecule has 1 aliphatic heterocycles. The van der Waals surface area contributed by atoms with Crippen LogP contribution >= 0.6 is 11.8 Å². The van der Waals surface area contributed by atoms with Crippen LogP contribution in [-0.4, -0.2) is 18.2 Å². The van der Waals surface area contributed by atoms with Crippen molar-refractivity contribution in [3.63, 3.8) is 0 Å². The lowest BCUT2D eigenvalue weighted by atomic mass is 10.0. The van der Waals surface area contributed by atoms with Crippen LogP contribution in [0.1, 0.15) is 12.0 Å². The number of fused-ring (bicyclic) bond motifs is 1. The SMILES string of the molecule is O=C(CSc1ccccc1)Nc1ccc2c(c1)CCCN2. The van der Waals surface area contributed by atoms with E-state index in [-0.39, 0.29) is 5.91 Å². The Labute approximate surface area is 129 Å². The number of hydrogen-bond donors (Lipinski definition) is 2. The summed E-state index contributed by atoms with van der Waals surface area (Å²) in [7, 11) is 0. The standard InChI is InChI=1S/C17H18N2OS/c20-17(12-21-15-6-2-1-3-7-15)19-14-8-9-16-13(11-14)5-4-10-18-16/h1-3,6-9,11,18H,4-5,10,12H2,(H,19,20). The Balaban J connectivity index is 1.57. The molecule has 0 spiro atoms. The number of amides is 1. The smallest absolute Gasteiger partial charge is 0.234 e. The molecule has 21 heavy (non-hydrogen) atoms. The minimum atomic E-state index is 0.0348. The molecular formula is C17H18N2OS. The lowest BCUT2D eigenvalue weighted by Gasteiger charge is -2.18. The fourth-order valence-corrected chi connectivity index (χ4v) is 3.13. The lowest BCUT2D eigenvalue weighted by Crippen LogP contribution is -2.16. The molecule has 2 aromatic rings. The zero-order valence-corrected chi connectivity index (χ0v) is 12.6. The van der Waals surface area contributed by atoms with Gasteiger partial charge in [-0.05, 0) is 48.7 Å². The highest BCUT2D eigenvalue weighted by Crippen LogP contribution is 2.25. The van der Waals surface area contributed by atoms with E-state index in [9.17, 15) is 4.79 Å². The zero-order valence-electron chi connectivity index (χ0n) is 11.8. The van der Waals surface area contributed by atoms with Crippen molar-refractivity contribution in [1.29, 1.82) is 0 Å². The summed E-state index contributed by atoms with van der Waals surface area (Å²) >= 11 is 1.55. The van der Waals surface area contributed by atoms with Crippen LogP contribution in [0.5, 0.6) is 0 Å². The van der Waals surface area contributed by atoms with Gasteiger partial charge < -0.3 is 10.6 Å². The number of rotatable bonds is 4. The Morgan fingerprint density at radius 1 is 1.19 bits per heavy atom. The van der Waals surface area contributed by atoms with Gasteiger partial charge in [0.05, 0.1) is 5.75 Å². The van der Waals surface area contributed by atoms with Crippen LogP contribution in [-0.2, 0) is 11.2 Å². The third-order valence-corrected chi connectivity index (χ3v) is 4.45. The molecule has 0 aliphatic carbocycles. The van der Waals surface area contributed by atoms with Crippen molar-refractivity contribution in [3.8, 4) is 0 Å². The summed E-state index contributed by atoms with van der Waals surface area (Å²) in [5, 5.41) is 6.35. The molecular weight excluding hydrogens is 280 g/mol. The average Bonchev–Trinajstić information content (AvgIpc) is 2.54. The Morgan fingerprint density at radius 3 is 2.90 bits per heavy atom. The first kappa shape index (κ1) is 14.0. The van der Waals surface area contributed by atoms with E-state index in [1.165, 1.54) is 11.3 Å². The van der Waals surface area contributed by atoms with Gasteiger partial charge in [-0.2, -0.15) is 0 Å². The largest absolute Gasteiger partial charge is 0.385 e. The van der Waals surface area contributed by atoms with Crippen LogP contribution in [0, 0.1) is 0 Å². The molecule has 4 heteroatoms. The van der Waals surface area contributed by atoms with Gasteiger partial charge in [-0.15, -0.1) is 11.8 Å². The second-order valence-corrected chi connectivity index (χ2v) is 6.10. The molecule has 0 saturated carbocycles. The molecule has 1 heterocycles. The number of hydrogen-bond acceptors (Lipinski definition) is 3. The first-order valence-electron chi connectivity index (χ1n) is 7.16. The van der Waals surface area contributed by atoms with Crippen LogP contribution in [0.25, 0.3) is 0 Å². The first-order valence-corrected chi connectivity index (χ1v) is 8.14. The third-order valence-electron chi connectivity index (χ3n) is 3.44. The van der Waals surface area contributed by atoms with Gasteiger partial charge in [0.25, 0.3) is 0 Å². The molecule has 3 nitrogen and oxygen atoms in total. The van der Waals surface area contributed by atoms with Crippen molar-refractivity contribution < 1.29 is 4.79 Å². The van der Waals surface area contributed by atoms with Gasteiger partial charge in [-0.1, -0.05) is 18.2 Å². The van der Waals surface area contributed by atoms with Crippen LogP contribution in [0.4, 0.5) is 11.4 Å². The quantitative estimate of drug-likeness (QED) is 0.844. The van der Waals surface area contributed by atoms with Gasteiger partial charge in [0, 0.05) is 22.8 Å². The normalized spacial score (nSPS) is 13.1. The molecule has 2 N–H and O–H groups in total. The van der Waals surface area contributed by atoms with Crippen LogP contribution < -0.4 is 10.6 Å². The van der Waals surface area contributed by atoms with E-state index in [4.69, 9.17) is 0 Å². The molecule has 0 fully saturated rings. The van der Waals surface area contributed by atoms with E-state index in [0.29, 0.717) is 5.75 Å². The summed E-state index contributed by atoms with van der Waals surface area (Å²) in [6.07, 6.45) is 2.22. The monoisotopic (exact) mass is 298 g/mol. The molecule has 108 valence electrons. The van der Waals surface area contributed by atoms with Crippen molar-refractivity contribution in [3.05, 3.63) is 54.1 Å². The molecule has 1 amide bonds. The predicted octanol–water partition coefficient (Wildman–Crippen LogP) is 3.78. The summed E-state index contributed by atoms with van der Waals surface area (Å²) in [4.78, 5) is 13.1. The van der Waals surface area contributed by atoms with E-state index in [0.717, 1.165) is 30.0 Å². The topological polar surface area (TPSA) is 41.1 Å². The Bertz CT molecular complexity index is 628. The third kappa shape index (κ3) is 3.79. The average molecular weight is 298 g/mol. The van der Waals surface area contributed by atoms with Gasteiger partial charge in [-0.3, -0.25) is 4.79 Å². The maximum Gasteiger partial charge on any atom is 0.234 e. The van der Waals surface area contributed by atoms with E-state index >= 15 is 0 Å². The summed E-state index contributed by atoms with van der Waals surface area (Å²) in [5.41, 5.74) is 3.36. The second-order valence-electron chi connectivity index (χ2n) is 5.05. The van der Waals surface area contributed by atoms with Crippen LogP contribution in [0.3, 0.4) is 0 Å². The van der Waals surface area contributed by atoms with Crippen LogP contribution in [0.15, 0.2) is 53.4 Å². The highest BCUT2D eigenvalue weighted by molar-refractivity contribution is 8.00. The summed E-state index contributed by atoms with van der Waals surface area (Å²) in [6.45, 7) is 1.03. The predicted molar refractivity (Wildman–Crippen MR) is 89.0 cm³/mol. The highest BCUT2D eigenvalue weighted by Gasteiger charge is 2.10. The van der Waals surface area contributed by atoms with Crippen LogP contribution in [0.2, 0.25) is 0 Å². The van der Waals surface area contributed by atoms with E-state index < -0.39 is 0 Å². The number of carbonyl (C=O) groups is 1. The fourth-order valence-electron chi connectivity index (χ4n) is 2.42. The molecule has 0 radical (unpaired) electrons. The zero-order chi connectivity index (χ0) is 14.5. The van der Waals surface area contributed by atoms with Gasteiger partial charge in [0.2, 0.25) is 5.91 Å². The number of thioether (sulfide) groups is 1. The Kier molecular flexibility index (Phi) is 4.46. The van der Waals surface area contributed by atoms with E-state index in [1.54, 1.807) is 11.8 Å². The second kappa shape index (κ2) is 6.68. The van der Waals surface area contributed by atoms with Crippen molar-refractivity contribution in [1.82, 2.24) is 0 Å². The van der Waals surface area contributed by atoms with Gasteiger partial charge in [-0.25, -0.2) is 0 Å². The molecule has 2 aromatic carbocycles. The Hall–Kier alpha value is -1.94. The molecule has 1 aliphatic rings. The van der Waals surface area contributed by atoms with Crippen molar-refractivity contribution in [2.24, 2.45) is 0 Å². The summed E-state index contributed by atoms with van der Waals surface area (Å²) in [6, 6.07) is 16.1. The highest BCUT2D eigenvalue weighted by atomic mass is 32.2. The van der Waals surface area contributed by atoms with Gasteiger partial charge in [0.1, 0.15) is 0 Å². The number of benzene rings is 2. The minimum absolute atomic E-state index is 0.0348. The molecule has 0 aromatic heterocycles. The van der Waals surface area contributed by atoms with Crippen molar-refractivity contribution in [2.45, 2.75) is 17.7 Å².